The average Bonchev–Trinajstić information content (AvgIpc) is 2.60. The smallest absolute Gasteiger partial charge is 0.325 e. The highest BCUT2D eigenvalue weighted by Crippen LogP contribution is 2.27. The Morgan fingerprint density at radius 3 is 2.68 bits per heavy atom. The van der Waals surface area contributed by atoms with Gasteiger partial charge in [-0.25, -0.2) is 0 Å². The number of thioether (sulfide) groups is 1. The lowest BCUT2D eigenvalue weighted by atomic mass is 9.98. The van der Waals surface area contributed by atoms with Gasteiger partial charge in [-0.2, -0.15) is 0 Å². The molecule has 0 saturated heterocycles. The quantitative estimate of drug-likeness (QED) is 0.626. The second-order valence-electron chi connectivity index (χ2n) is 4.86. The summed E-state index contributed by atoms with van der Waals surface area (Å²) in [6.45, 7) is 7.72. The summed E-state index contributed by atoms with van der Waals surface area (Å²) in [4.78, 5) is 11.7. The van der Waals surface area contributed by atoms with E-state index in [1.54, 1.807) is 25.6 Å². The Morgan fingerprint density at radius 1 is 1.58 bits per heavy atom. The molecule has 0 spiro atoms. The van der Waals surface area contributed by atoms with Gasteiger partial charge < -0.3 is 15.0 Å². The van der Waals surface area contributed by atoms with E-state index in [0.717, 1.165) is 11.0 Å². The maximum Gasteiger partial charge on any atom is 0.325 e. The molecule has 0 aliphatic carbocycles. The van der Waals surface area contributed by atoms with Gasteiger partial charge in [0.2, 0.25) is 0 Å². The molecule has 2 atom stereocenters. The van der Waals surface area contributed by atoms with Gasteiger partial charge in [0.15, 0.2) is 5.16 Å². The van der Waals surface area contributed by atoms with Crippen molar-refractivity contribution < 1.29 is 9.53 Å². The third-order valence-electron chi connectivity index (χ3n) is 2.81. The van der Waals surface area contributed by atoms with Crippen LogP contribution in [0.15, 0.2) is 5.16 Å². The second kappa shape index (κ2) is 6.38. The fourth-order valence-corrected chi connectivity index (χ4v) is 2.86. The molecule has 0 radical (unpaired) electrons. The van der Waals surface area contributed by atoms with Crippen molar-refractivity contribution in [2.45, 2.75) is 50.1 Å². The minimum Gasteiger partial charge on any atom is -0.465 e. The molecular weight excluding hydrogens is 264 g/mol. The first kappa shape index (κ1) is 16.0. The first-order valence-corrected chi connectivity index (χ1v) is 7.14. The zero-order chi connectivity index (χ0) is 14.6. The summed E-state index contributed by atoms with van der Waals surface area (Å²) in [5.41, 5.74) is 5.04. The first-order valence-electron chi connectivity index (χ1n) is 6.26. The van der Waals surface area contributed by atoms with E-state index in [4.69, 9.17) is 10.5 Å². The number of ether oxygens (including phenoxy) is 1. The summed E-state index contributed by atoms with van der Waals surface area (Å²) in [6.07, 6.45) is 0.516. The van der Waals surface area contributed by atoms with E-state index in [1.165, 1.54) is 0 Å². The van der Waals surface area contributed by atoms with Crippen LogP contribution in [0, 0.1) is 6.92 Å². The first-order chi connectivity index (χ1) is 8.77. The highest BCUT2D eigenvalue weighted by atomic mass is 32.2. The molecule has 0 aliphatic heterocycles. The Bertz CT molecular complexity index is 445. The van der Waals surface area contributed by atoms with Crippen molar-refractivity contribution in [3.8, 4) is 0 Å². The Balaban J connectivity index is 2.62. The van der Waals surface area contributed by atoms with Crippen LogP contribution in [0.25, 0.3) is 0 Å². The third-order valence-corrected chi connectivity index (χ3v) is 3.95. The van der Waals surface area contributed by atoms with E-state index in [9.17, 15) is 4.79 Å². The van der Waals surface area contributed by atoms with Crippen LogP contribution < -0.4 is 5.73 Å². The van der Waals surface area contributed by atoms with Crippen LogP contribution in [0.4, 0.5) is 0 Å². The minimum absolute atomic E-state index is 0.140. The molecule has 1 rings (SSSR count). The van der Waals surface area contributed by atoms with E-state index in [1.807, 2.05) is 25.5 Å². The molecule has 0 amide bonds. The van der Waals surface area contributed by atoms with Gasteiger partial charge in [0.1, 0.15) is 11.4 Å². The Kier molecular flexibility index (Phi) is 5.37. The van der Waals surface area contributed by atoms with Crippen molar-refractivity contribution in [3.63, 3.8) is 0 Å². The number of nitrogens with zero attached hydrogens (tertiary/aromatic N) is 3. The van der Waals surface area contributed by atoms with Crippen molar-refractivity contribution >= 4 is 17.7 Å². The van der Waals surface area contributed by atoms with Crippen molar-refractivity contribution in [2.24, 2.45) is 12.8 Å². The van der Waals surface area contributed by atoms with Crippen LogP contribution in [0.3, 0.4) is 0 Å². The van der Waals surface area contributed by atoms with Gasteiger partial charge in [-0.1, -0.05) is 18.7 Å². The number of rotatable bonds is 6. The van der Waals surface area contributed by atoms with Crippen molar-refractivity contribution in [1.82, 2.24) is 14.8 Å². The van der Waals surface area contributed by atoms with Crippen molar-refractivity contribution in [3.05, 3.63) is 5.82 Å². The fourth-order valence-electron chi connectivity index (χ4n) is 1.69. The predicted octanol–water partition coefficient (Wildman–Crippen LogP) is 1.27. The van der Waals surface area contributed by atoms with Gasteiger partial charge in [0, 0.05) is 12.3 Å². The molecule has 0 aliphatic rings. The molecule has 0 fully saturated rings. The molecule has 6 nitrogen and oxygen atoms in total. The van der Waals surface area contributed by atoms with Gasteiger partial charge in [0.25, 0.3) is 0 Å². The summed E-state index contributed by atoms with van der Waals surface area (Å²) in [5, 5.41) is 9.05. The van der Waals surface area contributed by atoms with E-state index in [2.05, 4.69) is 10.2 Å². The number of esters is 1. The molecule has 108 valence electrons. The standard InChI is InChI=1S/C12H22N4O2S/c1-6-18-10(17)12(4,13)7-8(2)19-11-15-14-9(3)16(11)5/h8H,6-7,13H2,1-5H3. The Labute approximate surface area is 118 Å². The maximum atomic E-state index is 11.7. The van der Waals surface area contributed by atoms with Crippen LogP contribution in [-0.4, -0.2) is 38.1 Å². The number of aromatic nitrogens is 3. The van der Waals surface area contributed by atoms with Crippen LogP contribution in [0.2, 0.25) is 0 Å². The normalized spacial score (nSPS) is 15.9. The summed E-state index contributed by atoms with van der Waals surface area (Å²) in [6, 6.07) is 0. The molecular formula is C12H22N4O2S. The number of hydrogen-bond donors (Lipinski definition) is 1. The van der Waals surface area contributed by atoms with Crippen LogP contribution in [0.1, 0.15) is 33.0 Å². The summed E-state index contributed by atoms with van der Waals surface area (Å²) < 4.78 is 6.90. The molecule has 1 aromatic rings. The van der Waals surface area contributed by atoms with Crippen LogP contribution in [0.5, 0.6) is 0 Å². The molecule has 19 heavy (non-hydrogen) atoms. The topological polar surface area (TPSA) is 83.0 Å². The van der Waals surface area contributed by atoms with Gasteiger partial charge in [0.05, 0.1) is 6.61 Å². The highest BCUT2D eigenvalue weighted by Gasteiger charge is 2.32. The molecule has 1 heterocycles. The Hall–Kier alpha value is -1.08. The van der Waals surface area contributed by atoms with Crippen LogP contribution >= 0.6 is 11.8 Å². The second-order valence-corrected chi connectivity index (χ2v) is 6.26. The molecule has 0 saturated carbocycles. The highest BCUT2D eigenvalue weighted by molar-refractivity contribution is 7.99. The third kappa shape index (κ3) is 4.21. The lowest BCUT2D eigenvalue weighted by Gasteiger charge is -2.25. The number of nitrogens with two attached hydrogens (primary N) is 1. The average molecular weight is 286 g/mol. The van der Waals surface area contributed by atoms with Gasteiger partial charge in [-0.15, -0.1) is 10.2 Å². The minimum atomic E-state index is -0.976. The monoisotopic (exact) mass is 286 g/mol. The number of hydrogen-bond acceptors (Lipinski definition) is 6. The summed E-state index contributed by atoms with van der Waals surface area (Å²) in [5.74, 6) is 0.493. The molecule has 2 N–H and O–H groups in total. The van der Waals surface area contributed by atoms with Gasteiger partial charge in [-0.3, -0.25) is 4.79 Å². The summed E-state index contributed by atoms with van der Waals surface area (Å²) in [7, 11) is 1.91. The van der Waals surface area contributed by atoms with E-state index in [-0.39, 0.29) is 11.2 Å². The largest absolute Gasteiger partial charge is 0.465 e. The molecule has 7 heteroatoms. The zero-order valence-corrected chi connectivity index (χ0v) is 13.0. The van der Waals surface area contributed by atoms with Gasteiger partial charge >= 0.3 is 5.97 Å². The van der Waals surface area contributed by atoms with Crippen molar-refractivity contribution in [2.75, 3.05) is 6.61 Å². The predicted molar refractivity (Wildman–Crippen MR) is 74.9 cm³/mol. The van der Waals surface area contributed by atoms with Gasteiger partial charge in [-0.05, 0) is 27.2 Å². The molecule has 1 aromatic heterocycles. The fraction of sp³-hybridized carbons (Fsp3) is 0.750. The van der Waals surface area contributed by atoms with Crippen molar-refractivity contribution in [1.29, 1.82) is 0 Å². The maximum absolute atomic E-state index is 11.7. The number of carbonyl (C=O) groups is 1. The lowest BCUT2D eigenvalue weighted by Crippen LogP contribution is -2.47. The summed E-state index contributed by atoms with van der Waals surface area (Å²) >= 11 is 1.55. The van der Waals surface area contributed by atoms with E-state index >= 15 is 0 Å². The van der Waals surface area contributed by atoms with Crippen LogP contribution in [-0.2, 0) is 16.6 Å². The molecule has 2 unspecified atom stereocenters. The number of carbonyl (C=O) groups excluding carboxylic acids is 1. The van der Waals surface area contributed by atoms with E-state index < -0.39 is 5.54 Å². The molecule has 0 aromatic carbocycles. The SMILES string of the molecule is CCOC(=O)C(C)(N)CC(C)Sc1nnc(C)n1C. The van der Waals surface area contributed by atoms with E-state index in [0.29, 0.717) is 13.0 Å². The Morgan fingerprint density at radius 2 is 2.21 bits per heavy atom. The zero-order valence-electron chi connectivity index (χ0n) is 12.1. The number of aryl methyl sites for hydroxylation is 1. The molecule has 0 bridgehead atoms. The lowest BCUT2D eigenvalue weighted by molar-refractivity contribution is -0.149.